The number of carbonyl (C=O) groups is 4. The van der Waals surface area contributed by atoms with Crippen molar-refractivity contribution in [3.05, 3.63) is 0 Å². The van der Waals surface area contributed by atoms with Gasteiger partial charge >= 0.3 is 11.9 Å². The molecule has 2 aliphatic heterocycles. The van der Waals surface area contributed by atoms with Gasteiger partial charge in [0.15, 0.2) is 12.2 Å². The van der Waals surface area contributed by atoms with Gasteiger partial charge in [0.25, 0.3) is 0 Å². The highest BCUT2D eigenvalue weighted by molar-refractivity contribution is 5.85. The van der Waals surface area contributed by atoms with Crippen LogP contribution in [0.3, 0.4) is 0 Å². The first kappa shape index (κ1) is 51.9. The van der Waals surface area contributed by atoms with E-state index >= 15 is 0 Å². The van der Waals surface area contributed by atoms with Gasteiger partial charge in [-0.2, -0.15) is 0 Å². The fourth-order valence-corrected chi connectivity index (χ4v) is 8.17. The van der Waals surface area contributed by atoms with Crippen LogP contribution in [0.15, 0.2) is 0 Å². The van der Waals surface area contributed by atoms with Gasteiger partial charge in [-0.15, -0.1) is 0 Å². The molecule has 6 atom stereocenters. The molecular weight excluding hydrogens is 733 g/mol. The van der Waals surface area contributed by atoms with Crippen LogP contribution in [0.5, 0.6) is 0 Å². The third-order valence-corrected chi connectivity index (χ3v) is 12.0. The van der Waals surface area contributed by atoms with E-state index in [1.54, 1.807) is 0 Å². The molecule has 2 rings (SSSR count). The standard InChI is InChI=1S/C48H88N2O8/c1-7-9-11-13-15-17-19-21-23-25-27-29-31-33-41(51)49-43(37(3)4)47(53)57-39-35-55-46-40(36-56-45(39)46)58-48(54)44(38(5)6)50-42(52)34-32-30-28-26-24-22-20-18-16-14-12-10-8-2/h37-40,43-46H,7-36H2,1-6H3,(H,49,51)(H,50,52). The van der Waals surface area contributed by atoms with Crippen LogP contribution in [-0.2, 0) is 38.1 Å². The number of esters is 2. The molecule has 6 unspecified atom stereocenters. The highest BCUT2D eigenvalue weighted by Crippen LogP contribution is 2.31. The molecule has 0 radical (unpaired) electrons. The Balaban J connectivity index is 1.64. The van der Waals surface area contributed by atoms with Gasteiger partial charge in [0, 0.05) is 12.8 Å². The summed E-state index contributed by atoms with van der Waals surface area (Å²) in [7, 11) is 0. The molecule has 338 valence electrons. The van der Waals surface area contributed by atoms with Crippen LogP contribution in [0.2, 0.25) is 0 Å². The SMILES string of the molecule is CCCCCCCCCCCCCCCC(=O)NC(C(=O)OC1COC2C(OC(=O)C(NC(=O)CCCCCCCCCCCCCCC)C(C)C)COC12)C(C)C. The van der Waals surface area contributed by atoms with Crippen molar-refractivity contribution in [2.45, 2.75) is 258 Å². The van der Waals surface area contributed by atoms with Gasteiger partial charge in [-0.3, -0.25) is 9.59 Å². The zero-order valence-corrected chi connectivity index (χ0v) is 38.1. The highest BCUT2D eigenvalue weighted by atomic mass is 16.7. The highest BCUT2D eigenvalue weighted by Gasteiger charge is 2.52. The zero-order chi connectivity index (χ0) is 42.4. The smallest absolute Gasteiger partial charge is 0.329 e. The van der Waals surface area contributed by atoms with Gasteiger partial charge in [-0.1, -0.05) is 196 Å². The Kier molecular flexibility index (Phi) is 29.2. The molecule has 2 heterocycles. The third-order valence-electron chi connectivity index (χ3n) is 12.0. The largest absolute Gasteiger partial charge is 0.455 e. The molecule has 10 nitrogen and oxygen atoms in total. The first-order valence-corrected chi connectivity index (χ1v) is 24.3. The van der Waals surface area contributed by atoms with Gasteiger partial charge in [0.2, 0.25) is 11.8 Å². The molecule has 0 saturated carbocycles. The summed E-state index contributed by atoms with van der Waals surface area (Å²) in [6, 6.07) is -1.56. The second-order valence-corrected chi connectivity index (χ2v) is 18.1. The normalized spacial score (nSPS) is 19.9. The maximum Gasteiger partial charge on any atom is 0.329 e. The second-order valence-electron chi connectivity index (χ2n) is 18.1. The van der Waals surface area contributed by atoms with Crippen molar-refractivity contribution in [1.82, 2.24) is 10.6 Å². The molecule has 10 heteroatoms. The Labute approximate surface area is 354 Å². The van der Waals surface area contributed by atoms with Crippen LogP contribution in [-0.4, -0.2) is 73.5 Å². The Morgan fingerprint density at radius 1 is 0.448 bits per heavy atom. The number of amides is 2. The molecule has 2 fully saturated rings. The molecular formula is C48H88N2O8. The number of nitrogens with one attached hydrogen (secondary N) is 2. The summed E-state index contributed by atoms with van der Waals surface area (Å²) in [4.78, 5) is 52.3. The molecule has 2 saturated heterocycles. The number of carbonyl (C=O) groups excluding carboxylic acids is 4. The Bertz CT molecular complexity index is 1020. The molecule has 0 aromatic rings. The number of ether oxygens (including phenoxy) is 4. The first-order chi connectivity index (χ1) is 28.1. The number of unbranched alkanes of at least 4 members (excludes halogenated alkanes) is 24. The van der Waals surface area contributed by atoms with Crippen molar-refractivity contribution >= 4 is 23.8 Å². The molecule has 0 aromatic carbocycles. The third kappa shape index (κ3) is 22.4. The lowest BCUT2D eigenvalue weighted by atomic mass is 10.0. The average molecular weight is 821 g/mol. The van der Waals surface area contributed by atoms with E-state index in [1.807, 2.05) is 27.7 Å². The molecule has 0 bridgehead atoms. The van der Waals surface area contributed by atoms with E-state index in [2.05, 4.69) is 24.5 Å². The van der Waals surface area contributed by atoms with Gasteiger partial charge in [0.1, 0.15) is 24.3 Å². The van der Waals surface area contributed by atoms with E-state index in [9.17, 15) is 19.2 Å². The Morgan fingerprint density at radius 3 is 0.966 bits per heavy atom. The fraction of sp³-hybridized carbons (Fsp3) is 0.917. The van der Waals surface area contributed by atoms with E-state index in [1.165, 1.54) is 128 Å². The molecule has 2 N–H and O–H groups in total. The van der Waals surface area contributed by atoms with Crippen molar-refractivity contribution in [3.8, 4) is 0 Å². The van der Waals surface area contributed by atoms with Crippen molar-refractivity contribution in [3.63, 3.8) is 0 Å². The van der Waals surface area contributed by atoms with Gasteiger partial charge in [-0.25, -0.2) is 9.59 Å². The van der Waals surface area contributed by atoms with Crippen molar-refractivity contribution in [1.29, 1.82) is 0 Å². The monoisotopic (exact) mass is 821 g/mol. The van der Waals surface area contributed by atoms with Crippen LogP contribution in [0, 0.1) is 11.8 Å². The summed E-state index contributed by atoms with van der Waals surface area (Å²) in [5.74, 6) is -1.63. The Morgan fingerprint density at radius 2 is 0.707 bits per heavy atom. The minimum atomic E-state index is -0.779. The predicted molar refractivity (Wildman–Crippen MR) is 233 cm³/mol. The topological polar surface area (TPSA) is 129 Å². The first-order valence-electron chi connectivity index (χ1n) is 24.3. The van der Waals surface area contributed by atoms with E-state index in [4.69, 9.17) is 18.9 Å². The zero-order valence-electron chi connectivity index (χ0n) is 38.1. The molecule has 0 aliphatic carbocycles. The van der Waals surface area contributed by atoms with Crippen molar-refractivity contribution < 1.29 is 38.1 Å². The van der Waals surface area contributed by atoms with Crippen molar-refractivity contribution in [2.24, 2.45) is 11.8 Å². The van der Waals surface area contributed by atoms with Gasteiger partial charge < -0.3 is 29.6 Å². The van der Waals surface area contributed by atoms with Crippen LogP contribution >= 0.6 is 0 Å². The van der Waals surface area contributed by atoms with Gasteiger partial charge in [0.05, 0.1) is 13.2 Å². The summed E-state index contributed by atoms with van der Waals surface area (Å²) < 4.78 is 23.6. The summed E-state index contributed by atoms with van der Waals surface area (Å²) in [6.45, 7) is 12.3. The van der Waals surface area contributed by atoms with E-state index < -0.39 is 48.4 Å². The minimum Gasteiger partial charge on any atom is -0.455 e. The maximum absolute atomic E-state index is 13.3. The maximum atomic E-state index is 13.3. The number of hydrogen-bond donors (Lipinski definition) is 2. The van der Waals surface area contributed by atoms with E-state index in [0.717, 1.165) is 38.5 Å². The van der Waals surface area contributed by atoms with Crippen LogP contribution in [0.4, 0.5) is 0 Å². The van der Waals surface area contributed by atoms with Gasteiger partial charge in [-0.05, 0) is 24.7 Å². The second kappa shape index (κ2) is 32.6. The summed E-state index contributed by atoms with van der Waals surface area (Å²) in [6.07, 6.45) is 30.6. The number of fused-ring (bicyclic) bond motifs is 1. The average Bonchev–Trinajstić information content (AvgIpc) is 3.78. The quantitative estimate of drug-likeness (QED) is 0.0472. The fourth-order valence-electron chi connectivity index (χ4n) is 8.17. The number of hydrogen-bond acceptors (Lipinski definition) is 8. The molecule has 58 heavy (non-hydrogen) atoms. The summed E-state index contributed by atoms with van der Waals surface area (Å²) in [5, 5.41) is 5.81. The molecule has 2 amide bonds. The predicted octanol–water partition coefficient (Wildman–Crippen LogP) is 10.9. The lowest BCUT2D eigenvalue weighted by Crippen LogP contribution is -2.48. The number of rotatable bonds is 36. The summed E-state index contributed by atoms with van der Waals surface area (Å²) in [5.41, 5.74) is 0. The summed E-state index contributed by atoms with van der Waals surface area (Å²) >= 11 is 0. The van der Waals surface area contributed by atoms with E-state index in [0.29, 0.717) is 12.8 Å². The molecule has 0 spiro atoms. The Hall–Kier alpha value is -2.20. The van der Waals surface area contributed by atoms with E-state index in [-0.39, 0.29) is 36.9 Å². The van der Waals surface area contributed by atoms with Crippen molar-refractivity contribution in [2.75, 3.05) is 13.2 Å². The minimum absolute atomic E-state index is 0.107. The lowest BCUT2D eigenvalue weighted by Gasteiger charge is -2.24. The van der Waals surface area contributed by atoms with Crippen LogP contribution in [0.1, 0.15) is 221 Å². The molecule has 0 aromatic heterocycles. The van der Waals surface area contributed by atoms with Crippen LogP contribution < -0.4 is 10.6 Å². The lowest BCUT2D eigenvalue weighted by molar-refractivity contribution is -0.160. The van der Waals surface area contributed by atoms with Crippen LogP contribution in [0.25, 0.3) is 0 Å². The molecule has 2 aliphatic rings.